The standard InChI is InChI=1S/C11H15FO2/c1-11(2,7-13)6-8-5-9(12)3-4-10(8)14/h3-5,13-14H,6-7H2,1-2H3. The molecule has 0 aliphatic heterocycles. The Morgan fingerprint density at radius 1 is 1.36 bits per heavy atom. The van der Waals surface area contributed by atoms with Crippen LogP contribution in [0.5, 0.6) is 5.75 Å². The van der Waals surface area contributed by atoms with Crippen LogP contribution in [0.15, 0.2) is 18.2 Å². The van der Waals surface area contributed by atoms with Crippen molar-refractivity contribution in [1.82, 2.24) is 0 Å². The summed E-state index contributed by atoms with van der Waals surface area (Å²) in [4.78, 5) is 0. The van der Waals surface area contributed by atoms with Gasteiger partial charge < -0.3 is 10.2 Å². The molecule has 1 aromatic rings. The fraction of sp³-hybridized carbons (Fsp3) is 0.455. The number of aliphatic hydroxyl groups is 1. The molecule has 0 fully saturated rings. The third-order valence-electron chi connectivity index (χ3n) is 2.14. The Morgan fingerprint density at radius 2 is 2.00 bits per heavy atom. The van der Waals surface area contributed by atoms with Crippen molar-refractivity contribution in [1.29, 1.82) is 0 Å². The minimum atomic E-state index is -0.369. The van der Waals surface area contributed by atoms with E-state index in [9.17, 15) is 9.50 Å². The molecular formula is C11H15FO2. The average molecular weight is 198 g/mol. The molecule has 14 heavy (non-hydrogen) atoms. The van der Waals surface area contributed by atoms with Gasteiger partial charge in [0.2, 0.25) is 0 Å². The Labute approximate surface area is 83.0 Å². The molecule has 0 unspecified atom stereocenters. The monoisotopic (exact) mass is 198 g/mol. The second kappa shape index (κ2) is 3.96. The number of phenolic OH excluding ortho intramolecular Hbond substituents is 1. The summed E-state index contributed by atoms with van der Waals surface area (Å²) in [5.74, 6) is -0.292. The van der Waals surface area contributed by atoms with Gasteiger partial charge in [-0.2, -0.15) is 0 Å². The molecule has 0 radical (unpaired) electrons. The first-order valence-corrected chi connectivity index (χ1v) is 4.53. The van der Waals surface area contributed by atoms with Gasteiger partial charge in [-0.05, 0) is 35.6 Å². The highest BCUT2D eigenvalue weighted by atomic mass is 19.1. The lowest BCUT2D eigenvalue weighted by molar-refractivity contribution is 0.159. The Bertz CT molecular complexity index is 321. The van der Waals surface area contributed by atoms with E-state index in [1.54, 1.807) is 0 Å². The molecule has 0 bridgehead atoms. The quantitative estimate of drug-likeness (QED) is 0.780. The number of rotatable bonds is 3. The van der Waals surface area contributed by atoms with Crippen LogP contribution in [0.25, 0.3) is 0 Å². The number of benzene rings is 1. The molecule has 2 nitrogen and oxygen atoms in total. The van der Waals surface area contributed by atoms with E-state index < -0.39 is 0 Å². The molecule has 2 N–H and O–H groups in total. The highest BCUT2D eigenvalue weighted by Crippen LogP contribution is 2.27. The minimum Gasteiger partial charge on any atom is -0.508 e. The molecular weight excluding hydrogens is 183 g/mol. The molecule has 1 aromatic carbocycles. The molecule has 3 heteroatoms. The van der Waals surface area contributed by atoms with E-state index in [4.69, 9.17) is 5.11 Å². The first-order valence-electron chi connectivity index (χ1n) is 4.53. The third-order valence-corrected chi connectivity index (χ3v) is 2.14. The first kappa shape index (κ1) is 11.0. The SMILES string of the molecule is CC(C)(CO)Cc1cc(F)ccc1O. The van der Waals surface area contributed by atoms with Crippen LogP contribution in [0.1, 0.15) is 19.4 Å². The second-order valence-electron chi connectivity index (χ2n) is 4.27. The van der Waals surface area contributed by atoms with Crippen LogP contribution in [-0.4, -0.2) is 16.8 Å². The van der Waals surface area contributed by atoms with E-state index >= 15 is 0 Å². The van der Waals surface area contributed by atoms with Crippen molar-refractivity contribution >= 4 is 0 Å². The van der Waals surface area contributed by atoms with Crippen LogP contribution in [0.4, 0.5) is 4.39 Å². The van der Waals surface area contributed by atoms with Crippen molar-refractivity contribution in [2.45, 2.75) is 20.3 Å². The number of aliphatic hydroxyl groups excluding tert-OH is 1. The van der Waals surface area contributed by atoms with E-state index in [2.05, 4.69) is 0 Å². The van der Waals surface area contributed by atoms with Gasteiger partial charge in [0.1, 0.15) is 11.6 Å². The van der Waals surface area contributed by atoms with Crippen LogP contribution in [-0.2, 0) is 6.42 Å². The summed E-state index contributed by atoms with van der Waals surface area (Å²) in [6, 6.07) is 3.84. The molecule has 0 amide bonds. The summed E-state index contributed by atoms with van der Waals surface area (Å²) in [5.41, 5.74) is 0.190. The number of hydrogen-bond donors (Lipinski definition) is 2. The van der Waals surface area contributed by atoms with E-state index in [0.29, 0.717) is 12.0 Å². The van der Waals surface area contributed by atoms with Crippen LogP contribution in [0.3, 0.4) is 0 Å². The Kier molecular flexibility index (Phi) is 3.11. The van der Waals surface area contributed by atoms with Gasteiger partial charge in [0.25, 0.3) is 0 Å². The largest absolute Gasteiger partial charge is 0.508 e. The Morgan fingerprint density at radius 3 is 2.57 bits per heavy atom. The smallest absolute Gasteiger partial charge is 0.123 e. The maximum Gasteiger partial charge on any atom is 0.123 e. The van der Waals surface area contributed by atoms with Crippen molar-refractivity contribution in [3.63, 3.8) is 0 Å². The first-order chi connectivity index (χ1) is 6.44. The van der Waals surface area contributed by atoms with Gasteiger partial charge in [-0.25, -0.2) is 4.39 Å². The van der Waals surface area contributed by atoms with Gasteiger partial charge in [0, 0.05) is 6.61 Å². The van der Waals surface area contributed by atoms with Crippen molar-refractivity contribution in [3.8, 4) is 5.75 Å². The van der Waals surface area contributed by atoms with E-state index in [1.165, 1.54) is 18.2 Å². The van der Waals surface area contributed by atoms with Crippen molar-refractivity contribution in [2.75, 3.05) is 6.61 Å². The van der Waals surface area contributed by atoms with Gasteiger partial charge in [-0.1, -0.05) is 13.8 Å². The minimum absolute atomic E-state index is 0.00293. The highest BCUT2D eigenvalue weighted by molar-refractivity contribution is 5.33. The molecule has 0 heterocycles. The Balaban J connectivity index is 2.91. The molecule has 0 saturated carbocycles. The molecule has 0 atom stereocenters. The highest BCUT2D eigenvalue weighted by Gasteiger charge is 2.19. The van der Waals surface area contributed by atoms with Crippen LogP contribution >= 0.6 is 0 Å². The summed E-state index contributed by atoms with van der Waals surface area (Å²) in [5, 5.41) is 18.5. The molecule has 0 aliphatic rings. The van der Waals surface area contributed by atoms with Crippen LogP contribution < -0.4 is 0 Å². The summed E-state index contributed by atoms with van der Waals surface area (Å²) in [6.07, 6.45) is 0.451. The maximum absolute atomic E-state index is 12.9. The molecule has 0 aromatic heterocycles. The normalized spacial score (nSPS) is 11.7. The maximum atomic E-state index is 12.9. The summed E-state index contributed by atoms with van der Waals surface area (Å²) in [7, 11) is 0. The predicted octanol–water partition coefficient (Wildman–Crippen LogP) is 2.09. The van der Waals surface area contributed by atoms with E-state index in [-0.39, 0.29) is 23.6 Å². The van der Waals surface area contributed by atoms with E-state index in [0.717, 1.165) is 0 Å². The van der Waals surface area contributed by atoms with Gasteiger partial charge in [0.15, 0.2) is 0 Å². The molecule has 0 spiro atoms. The van der Waals surface area contributed by atoms with Crippen molar-refractivity contribution < 1.29 is 14.6 Å². The Hall–Kier alpha value is -1.09. The van der Waals surface area contributed by atoms with Crippen molar-refractivity contribution in [2.24, 2.45) is 5.41 Å². The van der Waals surface area contributed by atoms with Gasteiger partial charge in [-0.3, -0.25) is 0 Å². The van der Waals surface area contributed by atoms with Crippen molar-refractivity contribution in [3.05, 3.63) is 29.6 Å². The fourth-order valence-electron chi connectivity index (χ4n) is 1.27. The van der Waals surface area contributed by atoms with Gasteiger partial charge in [0.05, 0.1) is 0 Å². The summed E-state index contributed by atoms with van der Waals surface area (Å²) in [6.45, 7) is 3.72. The lowest BCUT2D eigenvalue weighted by atomic mass is 9.86. The molecule has 0 saturated heterocycles. The zero-order chi connectivity index (χ0) is 10.8. The molecule has 0 aliphatic carbocycles. The average Bonchev–Trinajstić information content (AvgIpc) is 2.11. The number of hydrogen-bond acceptors (Lipinski definition) is 2. The third kappa shape index (κ3) is 2.70. The number of halogens is 1. The number of phenols is 1. The lowest BCUT2D eigenvalue weighted by Gasteiger charge is -2.21. The zero-order valence-corrected chi connectivity index (χ0v) is 8.42. The van der Waals surface area contributed by atoms with Crippen LogP contribution in [0.2, 0.25) is 0 Å². The predicted molar refractivity (Wildman–Crippen MR) is 52.6 cm³/mol. The summed E-state index contributed by atoms with van der Waals surface area (Å²) < 4.78 is 12.9. The van der Waals surface area contributed by atoms with Gasteiger partial charge >= 0.3 is 0 Å². The fourth-order valence-corrected chi connectivity index (χ4v) is 1.27. The topological polar surface area (TPSA) is 40.5 Å². The molecule has 78 valence electrons. The molecule has 1 rings (SSSR count). The van der Waals surface area contributed by atoms with Crippen LogP contribution in [0, 0.1) is 11.2 Å². The van der Waals surface area contributed by atoms with Gasteiger partial charge in [-0.15, -0.1) is 0 Å². The zero-order valence-electron chi connectivity index (χ0n) is 8.42. The summed E-state index contributed by atoms with van der Waals surface area (Å²) >= 11 is 0. The number of aromatic hydroxyl groups is 1. The van der Waals surface area contributed by atoms with E-state index in [1.807, 2.05) is 13.8 Å². The lowest BCUT2D eigenvalue weighted by Crippen LogP contribution is -2.19. The second-order valence-corrected chi connectivity index (χ2v) is 4.27.